The number of aryl methyl sites for hydroxylation is 1. The lowest BCUT2D eigenvalue weighted by Gasteiger charge is -2.38. The summed E-state index contributed by atoms with van der Waals surface area (Å²) < 4.78 is 7.29. The number of likely N-dealkylation sites (N-methyl/N-ethyl adjacent to an activating group) is 1. The highest BCUT2D eigenvalue weighted by Gasteiger charge is 2.41. The van der Waals surface area contributed by atoms with E-state index in [1.54, 1.807) is 31.0 Å². The smallest absolute Gasteiger partial charge is 0.253 e. The van der Waals surface area contributed by atoms with E-state index in [1.807, 2.05) is 12.1 Å². The zero-order valence-corrected chi connectivity index (χ0v) is 26.5. The Kier molecular flexibility index (Phi) is 8.91. The summed E-state index contributed by atoms with van der Waals surface area (Å²) in [6, 6.07) is 7.67. The Morgan fingerprint density at radius 3 is 2.23 bits per heavy atom. The number of ether oxygens (including phenoxy) is 1. The van der Waals surface area contributed by atoms with Crippen LogP contribution < -0.4 is 20.5 Å². The maximum absolute atomic E-state index is 12.9. The van der Waals surface area contributed by atoms with Crippen LogP contribution in [0.5, 0.6) is 5.75 Å². The van der Waals surface area contributed by atoms with Crippen molar-refractivity contribution < 1.29 is 4.74 Å². The summed E-state index contributed by atoms with van der Waals surface area (Å²) in [7, 11) is 3.62. The molecule has 0 atom stereocenters. The van der Waals surface area contributed by atoms with E-state index < -0.39 is 8.07 Å². The zero-order chi connectivity index (χ0) is 29.2. The van der Waals surface area contributed by atoms with Crippen LogP contribution >= 0.6 is 0 Å². The molecule has 8 nitrogen and oxygen atoms in total. The molecule has 2 aromatic heterocycles. The van der Waals surface area contributed by atoms with Gasteiger partial charge in [-0.3, -0.25) is 9.36 Å². The van der Waals surface area contributed by atoms with Crippen LogP contribution in [0.3, 0.4) is 0 Å². The van der Waals surface area contributed by atoms with Crippen LogP contribution in [0.25, 0.3) is 11.0 Å². The van der Waals surface area contributed by atoms with Crippen LogP contribution in [0.4, 0.5) is 17.3 Å². The van der Waals surface area contributed by atoms with Crippen molar-refractivity contribution in [1.82, 2.24) is 19.4 Å². The molecule has 0 bridgehead atoms. The molecule has 1 aliphatic heterocycles. The molecule has 40 heavy (non-hydrogen) atoms. The second-order valence-corrected chi connectivity index (χ2v) is 17.4. The second kappa shape index (κ2) is 12.0. The van der Waals surface area contributed by atoms with Crippen molar-refractivity contribution >= 4 is 36.4 Å². The Morgan fingerprint density at radius 2 is 1.62 bits per heavy atom. The molecule has 0 aliphatic carbocycles. The second-order valence-electron chi connectivity index (χ2n) is 11.8. The molecule has 0 unspecified atom stereocenters. The van der Waals surface area contributed by atoms with Gasteiger partial charge in [-0.15, -0.1) is 5.54 Å². The van der Waals surface area contributed by atoms with Gasteiger partial charge in [0.1, 0.15) is 19.5 Å². The van der Waals surface area contributed by atoms with Crippen LogP contribution in [0.1, 0.15) is 47.1 Å². The highest BCUT2D eigenvalue weighted by atomic mass is 28.3. The quantitative estimate of drug-likeness (QED) is 0.306. The first-order chi connectivity index (χ1) is 19.0. The fourth-order valence-electron chi connectivity index (χ4n) is 6.19. The van der Waals surface area contributed by atoms with E-state index >= 15 is 0 Å². The number of aromatic nitrogens is 3. The number of nitrogens with zero attached hydrogens (tertiary/aromatic N) is 5. The largest absolute Gasteiger partial charge is 0.495 e. The van der Waals surface area contributed by atoms with Gasteiger partial charge in [0.05, 0.1) is 18.2 Å². The summed E-state index contributed by atoms with van der Waals surface area (Å²) in [5.41, 5.74) is 8.26. The molecule has 0 saturated carbocycles. The van der Waals surface area contributed by atoms with E-state index in [4.69, 9.17) is 9.72 Å². The number of benzene rings is 1. The van der Waals surface area contributed by atoms with Crippen LogP contribution in [0.2, 0.25) is 16.6 Å². The molecule has 1 fully saturated rings. The van der Waals surface area contributed by atoms with Gasteiger partial charge in [0, 0.05) is 62.8 Å². The molecule has 1 aromatic carbocycles. The number of anilines is 3. The van der Waals surface area contributed by atoms with Gasteiger partial charge in [-0.25, -0.2) is 4.98 Å². The first kappa shape index (κ1) is 29.6. The van der Waals surface area contributed by atoms with Crippen LogP contribution in [-0.2, 0) is 7.05 Å². The minimum atomic E-state index is -1.96. The molecule has 4 rings (SSSR count). The maximum Gasteiger partial charge on any atom is 0.253 e. The van der Waals surface area contributed by atoms with Crippen molar-refractivity contribution in [3.8, 4) is 17.2 Å². The first-order valence-corrected chi connectivity index (χ1v) is 16.5. The van der Waals surface area contributed by atoms with Gasteiger partial charge in [0.2, 0.25) is 5.95 Å². The molecule has 214 valence electrons. The van der Waals surface area contributed by atoms with Gasteiger partial charge in [0.25, 0.3) is 5.56 Å². The number of nitrogens with one attached hydrogen (secondary N) is 1. The van der Waals surface area contributed by atoms with Crippen molar-refractivity contribution in [1.29, 1.82) is 0 Å². The van der Waals surface area contributed by atoms with Crippen molar-refractivity contribution in [3.63, 3.8) is 0 Å². The third kappa shape index (κ3) is 5.74. The number of piperazine rings is 1. The Morgan fingerprint density at radius 1 is 0.975 bits per heavy atom. The van der Waals surface area contributed by atoms with Crippen molar-refractivity contribution in [3.05, 3.63) is 46.4 Å². The van der Waals surface area contributed by atoms with E-state index in [-0.39, 0.29) is 5.56 Å². The van der Waals surface area contributed by atoms with Crippen molar-refractivity contribution in [2.24, 2.45) is 7.05 Å². The predicted molar refractivity (Wildman–Crippen MR) is 169 cm³/mol. The normalized spacial score (nSPS) is 14.7. The number of rotatable bonds is 7. The number of fused-ring (bicyclic) bond motifs is 1. The Balaban J connectivity index is 1.69. The monoisotopic (exact) mass is 560 g/mol. The van der Waals surface area contributed by atoms with E-state index in [0.717, 1.165) is 48.7 Å². The number of hydrogen-bond donors (Lipinski definition) is 1. The van der Waals surface area contributed by atoms with E-state index in [2.05, 4.69) is 86.2 Å². The van der Waals surface area contributed by atoms with E-state index in [1.165, 1.54) is 0 Å². The molecule has 3 heterocycles. The fraction of sp³-hybridized carbons (Fsp3) is 0.516. The average Bonchev–Trinajstić information content (AvgIpc) is 2.91. The average molecular weight is 561 g/mol. The topological polar surface area (TPSA) is 75.5 Å². The molecule has 0 amide bonds. The van der Waals surface area contributed by atoms with Gasteiger partial charge in [0.15, 0.2) is 0 Å². The minimum Gasteiger partial charge on any atom is -0.495 e. The summed E-state index contributed by atoms with van der Waals surface area (Å²) >= 11 is 0. The summed E-state index contributed by atoms with van der Waals surface area (Å²) in [4.78, 5) is 27.0. The number of pyridine rings is 1. The summed E-state index contributed by atoms with van der Waals surface area (Å²) in [5.74, 6) is 4.65. The fourth-order valence-corrected chi connectivity index (χ4v) is 11.4. The van der Waals surface area contributed by atoms with Crippen LogP contribution in [-0.4, -0.2) is 67.8 Å². The summed E-state index contributed by atoms with van der Waals surface area (Å²) in [6.07, 6.45) is 1.77. The molecular formula is C31H44N6O2Si. The highest BCUT2D eigenvalue weighted by molar-refractivity contribution is 6.90. The van der Waals surface area contributed by atoms with Gasteiger partial charge in [-0.2, -0.15) is 4.98 Å². The lowest BCUT2D eigenvalue weighted by atomic mass is 10.2. The molecule has 0 spiro atoms. The molecule has 1 saturated heterocycles. The van der Waals surface area contributed by atoms with Crippen LogP contribution in [0, 0.1) is 11.5 Å². The van der Waals surface area contributed by atoms with Crippen molar-refractivity contribution in [2.45, 2.75) is 58.2 Å². The predicted octanol–water partition coefficient (Wildman–Crippen LogP) is 5.40. The minimum absolute atomic E-state index is 0.134. The molecule has 1 aliphatic rings. The van der Waals surface area contributed by atoms with Gasteiger partial charge >= 0.3 is 0 Å². The van der Waals surface area contributed by atoms with Crippen molar-refractivity contribution in [2.75, 3.05) is 50.6 Å². The third-order valence-corrected chi connectivity index (χ3v) is 14.8. The molecule has 9 heteroatoms. The Bertz CT molecular complexity index is 1460. The maximum atomic E-state index is 12.9. The molecule has 3 aromatic rings. The molecule has 1 N–H and O–H groups in total. The SMILES string of the molecule is COc1cc(Nc2ncc3c(C#C[Si](C(C)C)(C(C)C)C(C)C)cc(=O)n(C)c3n2)ccc1N1CCN(C)CC1. The zero-order valence-electron chi connectivity index (χ0n) is 25.5. The first-order valence-electron chi connectivity index (χ1n) is 14.3. The lowest BCUT2D eigenvalue weighted by molar-refractivity contribution is 0.311. The number of hydrogen-bond acceptors (Lipinski definition) is 7. The Labute approximate surface area is 239 Å². The third-order valence-electron chi connectivity index (χ3n) is 8.53. The van der Waals surface area contributed by atoms with Crippen LogP contribution in [0.15, 0.2) is 35.3 Å². The lowest BCUT2D eigenvalue weighted by Crippen LogP contribution is -2.44. The van der Waals surface area contributed by atoms with E-state index in [0.29, 0.717) is 33.8 Å². The molecule has 0 radical (unpaired) electrons. The summed E-state index contributed by atoms with van der Waals surface area (Å²) in [6.45, 7) is 17.7. The number of methoxy groups -OCH3 is 1. The highest BCUT2D eigenvalue weighted by Crippen LogP contribution is 2.41. The molecular weight excluding hydrogens is 516 g/mol. The van der Waals surface area contributed by atoms with Gasteiger partial charge < -0.3 is 19.9 Å². The standard InChI is InChI=1S/C31H44N6O2Si/c1-21(2)40(22(3)4,23(5)6)17-12-24-18-29(38)36(8)30-26(24)20-32-31(34-30)33-25-10-11-27(28(19-25)39-9)37-15-13-35(7)14-16-37/h10-11,18-23H,13-16H2,1-9H3,(H,32,33,34). The van der Waals surface area contributed by atoms with Gasteiger partial charge in [-0.05, 0) is 35.8 Å². The Hall–Kier alpha value is -3.35. The summed E-state index contributed by atoms with van der Waals surface area (Å²) in [5, 5.41) is 4.08. The van der Waals surface area contributed by atoms with Gasteiger partial charge in [-0.1, -0.05) is 47.5 Å². The van der Waals surface area contributed by atoms with E-state index in [9.17, 15) is 4.79 Å².